The summed E-state index contributed by atoms with van der Waals surface area (Å²) in [6, 6.07) is 0. The minimum absolute atomic E-state index is 0.232. The van der Waals surface area contributed by atoms with E-state index in [0.717, 1.165) is 6.42 Å². The van der Waals surface area contributed by atoms with Crippen LogP contribution in [0.25, 0.3) is 0 Å². The summed E-state index contributed by atoms with van der Waals surface area (Å²) < 4.78 is 0. The molecule has 1 fully saturated rings. The van der Waals surface area contributed by atoms with E-state index in [2.05, 4.69) is 18.3 Å². The first-order chi connectivity index (χ1) is 6.33. The van der Waals surface area contributed by atoms with Crippen molar-refractivity contribution in [2.75, 3.05) is 0 Å². The molecule has 1 aliphatic carbocycles. The highest BCUT2D eigenvalue weighted by Gasteiger charge is 2.11. The molecule has 2 heteroatoms. The van der Waals surface area contributed by atoms with E-state index >= 15 is 0 Å². The third-order valence-corrected chi connectivity index (χ3v) is 2.65. The van der Waals surface area contributed by atoms with Gasteiger partial charge < -0.3 is 4.84 Å². The molecule has 0 aromatic carbocycles. The first kappa shape index (κ1) is 10.6. The average Bonchev–Trinajstić information content (AvgIpc) is 2.19. The van der Waals surface area contributed by atoms with E-state index in [1.165, 1.54) is 32.1 Å². The molecule has 2 nitrogen and oxygen atoms in total. The first-order valence-corrected chi connectivity index (χ1v) is 5.44. The number of hydrogen-bond acceptors (Lipinski definition) is 2. The molecule has 0 N–H and O–H groups in total. The largest absolute Gasteiger partial charge is 0.393 e. The standard InChI is InChI=1S/C11H20NO/c1-3-10(2)13-12-9-11-7-5-4-6-8-11/h10-11H,3-8H2,1-2H3. The fraction of sp³-hybridized carbons (Fsp3) is 0.909. The van der Waals surface area contributed by atoms with Gasteiger partial charge in [-0.25, -0.2) is 0 Å². The highest BCUT2D eigenvalue weighted by Crippen LogP contribution is 2.21. The van der Waals surface area contributed by atoms with Crippen molar-refractivity contribution in [3.05, 3.63) is 0 Å². The smallest absolute Gasteiger partial charge is 0.124 e. The van der Waals surface area contributed by atoms with Gasteiger partial charge in [0.1, 0.15) is 12.3 Å². The molecule has 1 radical (unpaired) electrons. The lowest BCUT2D eigenvalue weighted by molar-refractivity contribution is 0.0698. The molecule has 0 saturated heterocycles. The lowest BCUT2D eigenvalue weighted by atomic mass is 9.90. The average molecular weight is 182 g/mol. The highest BCUT2D eigenvalue weighted by atomic mass is 16.6. The van der Waals surface area contributed by atoms with Crippen LogP contribution < -0.4 is 0 Å². The van der Waals surface area contributed by atoms with Crippen molar-refractivity contribution in [1.29, 1.82) is 0 Å². The molecule has 13 heavy (non-hydrogen) atoms. The molecule has 75 valence electrons. The molecular formula is C11H20NO. The Morgan fingerprint density at radius 2 is 2.08 bits per heavy atom. The topological polar surface area (TPSA) is 21.6 Å². The molecule has 0 heterocycles. The van der Waals surface area contributed by atoms with Crippen molar-refractivity contribution in [1.82, 2.24) is 0 Å². The fourth-order valence-electron chi connectivity index (χ4n) is 1.50. The summed E-state index contributed by atoms with van der Waals surface area (Å²) >= 11 is 0. The van der Waals surface area contributed by atoms with E-state index in [4.69, 9.17) is 4.84 Å². The molecule has 1 unspecified atom stereocenters. The predicted octanol–water partition coefficient (Wildman–Crippen LogP) is 3.24. The number of hydrogen-bond donors (Lipinski definition) is 0. The summed E-state index contributed by atoms with van der Waals surface area (Å²) in [5, 5.41) is 3.92. The third-order valence-electron chi connectivity index (χ3n) is 2.65. The Bertz CT molecular complexity index is 150. The normalized spacial score (nSPS) is 22.0. The van der Waals surface area contributed by atoms with E-state index < -0.39 is 0 Å². The lowest BCUT2D eigenvalue weighted by Crippen LogP contribution is -2.08. The van der Waals surface area contributed by atoms with Crippen LogP contribution in [-0.2, 0) is 4.84 Å². The van der Waals surface area contributed by atoms with Gasteiger partial charge in [0, 0.05) is 5.92 Å². The van der Waals surface area contributed by atoms with Gasteiger partial charge in [0.05, 0.1) is 0 Å². The SMILES string of the molecule is CCC(C)O/N=[C]/C1CCCCC1. The molecule has 0 spiro atoms. The summed E-state index contributed by atoms with van der Waals surface area (Å²) in [4.78, 5) is 5.21. The summed E-state index contributed by atoms with van der Waals surface area (Å²) in [5.74, 6) is 0.554. The minimum Gasteiger partial charge on any atom is -0.393 e. The van der Waals surface area contributed by atoms with Crippen LogP contribution in [0.2, 0.25) is 0 Å². The van der Waals surface area contributed by atoms with Crippen molar-refractivity contribution in [2.45, 2.75) is 58.5 Å². The van der Waals surface area contributed by atoms with Crippen LogP contribution in [-0.4, -0.2) is 12.3 Å². The van der Waals surface area contributed by atoms with E-state index in [-0.39, 0.29) is 6.10 Å². The van der Waals surface area contributed by atoms with Gasteiger partial charge in [-0.05, 0) is 26.2 Å². The van der Waals surface area contributed by atoms with Crippen LogP contribution in [0.4, 0.5) is 0 Å². The predicted molar refractivity (Wildman–Crippen MR) is 54.8 cm³/mol. The Morgan fingerprint density at radius 3 is 2.69 bits per heavy atom. The van der Waals surface area contributed by atoms with Gasteiger partial charge >= 0.3 is 0 Å². The Hall–Kier alpha value is -0.530. The second-order valence-corrected chi connectivity index (χ2v) is 3.88. The Kier molecular flexibility index (Phi) is 4.87. The van der Waals surface area contributed by atoms with E-state index in [1.807, 2.05) is 6.92 Å². The van der Waals surface area contributed by atoms with Gasteiger partial charge in [-0.2, -0.15) is 0 Å². The van der Waals surface area contributed by atoms with Crippen molar-refractivity contribution in [3.63, 3.8) is 0 Å². The van der Waals surface area contributed by atoms with Crippen molar-refractivity contribution >= 4 is 6.21 Å². The van der Waals surface area contributed by atoms with Crippen LogP contribution in [0.3, 0.4) is 0 Å². The lowest BCUT2D eigenvalue weighted by Gasteiger charge is -2.16. The fourth-order valence-corrected chi connectivity index (χ4v) is 1.50. The molecule has 1 rings (SSSR count). The zero-order valence-corrected chi connectivity index (χ0v) is 8.75. The van der Waals surface area contributed by atoms with Crippen molar-refractivity contribution in [3.8, 4) is 0 Å². The molecule has 1 aliphatic rings. The first-order valence-electron chi connectivity index (χ1n) is 5.44. The van der Waals surface area contributed by atoms with Gasteiger partial charge in [-0.1, -0.05) is 31.3 Å². The van der Waals surface area contributed by atoms with Gasteiger partial charge in [0.2, 0.25) is 0 Å². The van der Waals surface area contributed by atoms with Crippen LogP contribution in [0.15, 0.2) is 5.16 Å². The Labute approximate surface area is 81.3 Å². The Balaban J connectivity index is 2.14. The second-order valence-electron chi connectivity index (χ2n) is 3.88. The zero-order valence-electron chi connectivity index (χ0n) is 8.75. The van der Waals surface area contributed by atoms with Crippen LogP contribution in [0.1, 0.15) is 52.4 Å². The van der Waals surface area contributed by atoms with Crippen molar-refractivity contribution < 1.29 is 4.84 Å². The van der Waals surface area contributed by atoms with E-state index in [0.29, 0.717) is 5.92 Å². The zero-order chi connectivity index (χ0) is 9.52. The molecule has 0 amide bonds. The third kappa shape index (κ3) is 4.30. The summed E-state index contributed by atoms with van der Waals surface area (Å²) in [6.07, 6.45) is 10.9. The van der Waals surface area contributed by atoms with E-state index in [1.54, 1.807) is 0 Å². The van der Waals surface area contributed by atoms with Crippen LogP contribution in [0.5, 0.6) is 0 Å². The maximum Gasteiger partial charge on any atom is 0.124 e. The minimum atomic E-state index is 0.232. The van der Waals surface area contributed by atoms with Gasteiger partial charge in [-0.3, -0.25) is 0 Å². The molecule has 0 aromatic rings. The molecule has 0 aliphatic heterocycles. The van der Waals surface area contributed by atoms with E-state index in [9.17, 15) is 0 Å². The van der Waals surface area contributed by atoms with Gasteiger partial charge in [-0.15, -0.1) is 0 Å². The summed E-state index contributed by atoms with van der Waals surface area (Å²) in [6.45, 7) is 4.13. The van der Waals surface area contributed by atoms with Crippen molar-refractivity contribution in [2.24, 2.45) is 11.1 Å². The van der Waals surface area contributed by atoms with Crippen LogP contribution in [0, 0.1) is 5.92 Å². The molecular weight excluding hydrogens is 162 g/mol. The molecule has 0 aromatic heterocycles. The van der Waals surface area contributed by atoms with Gasteiger partial charge in [0.25, 0.3) is 0 Å². The quantitative estimate of drug-likeness (QED) is 0.483. The Morgan fingerprint density at radius 1 is 1.38 bits per heavy atom. The molecule has 0 bridgehead atoms. The van der Waals surface area contributed by atoms with Gasteiger partial charge in [0.15, 0.2) is 0 Å². The maximum absolute atomic E-state index is 5.21. The highest BCUT2D eigenvalue weighted by molar-refractivity contribution is 5.59. The second kappa shape index (κ2) is 6.01. The number of rotatable bonds is 4. The van der Waals surface area contributed by atoms with Crippen LogP contribution >= 0.6 is 0 Å². The summed E-state index contributed by atoms with van der Waals surface area (Å²) in [7, 11) is 0. The monoisotopic (exact) mass is 182 g/mol. The summed E-state index contributed by atoms with van der Waals surface area (Å²) in [5.41, 5.74) is 0. The molecule has 1 saturated carbocycles. The number of nitrogens with zero attached hydrogens (tertiary/aromatic N) is 1. The molecule has 1 atom stereocenters. The maximum atomic E-state index is 5.21.